The van der Waals surface area contributed by atoms with E-state index >= 15 is 0 Å². The second-order valence-corrected chi connectivity index (χ2v) is 13.3. The number of hydrogen-bond donors (Lipinski definition) is 3. The van der Waals surface area contributed by atoms with Gasteiger partial charge in [-0.3, -0.25) is 9.69 Å². The zero-order chi connectivity index (χ0) is 29.9. The van der Waals surface area contributed by atoms with Crippen LogP contribution in [0.5, 0.6) is 0 Å². The molecule has 224 valence electrons. The second kappa shape index (κ2) is 13.6. The first kappa shape index (κ1) is 31.2. The summed E-state index contributed by atoms with van der Waals surface area (Å²) in [6.45, 7) is 4.52. The molecule has 2 fully saturated rings. The first-order chi connectivity index (χ1) is 20.1. The Hall–Kier alpha value is -2.20. The van der Waals surface area contributed by atoms with Crippen LogP contribution >= 0.6 is 34.8 Å². The maximum absolute atomic E-state index is 12.0. The summed E-state index contributed by atoms with van der Waals surface area (Å²) in [6.07, 6.45) is -0.482. The maximum Gasteiger partial charge on any atom is 0.272 e. The van der Waals surface area contributed by atoms with Gasteiger partial charge in [-0.15, -0.1) is 0 Å². The summed E-state index contributed by atoms with van der Waals surface area (Å²) >= 11 is 17.0. The van der Waals surface area contributed by atoms with Crippen molar-refractivity contribution >= 4 is 40.7 Å². The van der Waals surface area contributed by atoms with Gasteiger partial charge in [0.25, 0.3) is 9.70 Å². The van der Waals surface area contributed by atoms with Crippen LogP contribution in [-0.4, -0.2) is 56.7 Å². The number of benzene rings is 3. The van der Waals surface area contributed by atoms with Crippen molar-refractivity contribution in [3.63, 3.8) is 0 Å². The van der Waals surface area contributed by atoms with Crippen molar-refractivity contribution in [2.75, 3.05) is 19.6 Å². The van der Waals surface area contributed by atoms with E-state index in [0.29, 0.717) is 13.1 Å². The predicted octanol–water partition coefficient (Wildman–Crippen LogP) is 5.69. The molecule has 0 saturated carbocycles. The molecule has 2 aliphatic heterocycles. The highest BCUT2D eigenvalue weighted by Gasteiger charge is 2.40. The van der Waals surface area contributed by atoms with E-state index in [2.05, 4.69) is 23.2 Å². The first-order valence-corrected chi connectivity index (χ1v) is 15.2. The fourth-order valence-corrected chi connectivity index (χ4v) is 5.77. The van der Waals surface area contributed by atoms with E-state index in [9.17, 15) is 15.0 Å². The molecule has 2 aliphatic rings. The lowest BCUT2D eigenvalue weighted by Crippen LogP contribution is -2.44. The first-order valence-electron chi connectivity index (χ1n) is 14.1. The molecule has 0 aliphatic carbocycles. The molecule has 1 amide bonds. The summed E-state index contributed by atoms with van der Waals surface area (Å²) in [6, 6.07) is 23.7. The SMILES string of the molecule is CC1C(CN2CCC(O)C2)OC(c2cccc(-c3cccc(CNC(=O)C(Cl)(Cl)Cl)c3)c2)OC1c1ccc(CO)cc1. The standard InChI is InChI=1S/C32H35Cl3N2O5/c1-20-28(18-37-13-12-27(39)17-37)41-30(42-29(20)23-10-8-21(19-38)9-11-23)26-7-3-6-25(15-26)24-5-2-4-22(14-24)16-36-31(40)32(33,34)35/h2-11,14-15,20,27-30,38-39H,12-13,16-19H2,1H3,(H,36,40). The number of β-amino-alcohol motifs (C(OH)–C–C–N with tert-alkyl or cyclic N) is 1. The van der Waals surface area contributed by atoms with Gasteiger partial charge >= 0.3 is 0 Å². The van der Waals surface area contributed by atoms with Gasteiger partial charge in [-0.05, 0) is 46.4 Å². The van der Waals surface area contributed by atoms with Crippen molar-refractivity contribution in [2.45, 2.75) is 54.9 Å². The number of aliphatic hydroxyl groups is 2. The number of amides is 1. The number of ether oxygens (including phenoxy) is 2. The Morgan fingerprint density at radius 1 is 0.976 bits per heavy atom. The van der Waals surface area contributed by atoms with Crippen LogP contribution in [0.15, 0.2) is 72.8 Å². The Labute approximate surface area is 261 Å². The van der Waals surface area contributed by atoms with Crippen LogP contribution in [0.25, 0.3) is 11.1 Å². The highest BCUT2D eigenvalue weighted by molar-refractivity contribution is 6.76. The second-order valence-electron chi connectivity index (χ2n) is 11.0. The number of nitrogens with zero attached hydrogens (tertiary/aromatic N) is 1. The van der Waals surface area contributed by atoms with Crippen molar-refractivity contribution in [1.82, 2.24) is 10.2 Å². The lowest BCUT2D eigenvalue weighted by molar-refractivity contribution is -0.276. The van der Waals surface area contributed by atoms with E-state index in [0.717, 1.165) is 46.3 Å². The van der Waals surface area contributed by atoms with Gasteiger partial charge < -0.3 is 25.0 Å². The Morgan fingerprint density at radius 2 is 1.69 bits per heavy atom. The molecule has 3 aromatic carbocycles. The average Bonchev–Trinajstić information content (AvgIpc) is 3.41. The molecule has 5 unspecified atom stereocenters. The summed E-state index contributed by atoms with van der Waals surface area (Å²) in [4.78, 5) is 14.2. The normalized spacial score (nSPS) is 25.0. The van der Waals surface area contributed by atoms with Crippen LogP contribution in [0.2, 0.25) is 0 Å². The third-order valence-corrected chi connectivity index (χ3v) is 8.45. The smallest absolute Gasteiger partial charge is 0.272 e. The molecule has 5 atom stereocenters. The van der Waals surface area contributed by atoms with Gasteiger partial charge in [-0.2, -0.15) is 0 Å². The van der Waals surface area contributed by atoms with Gasteiger partial charge in [0.05, 0.1) is 24.9 Å². The molecule has 3 aromatic rings. The lowest BCUT2D eigenvalue weighted by atomic mass is 9.90. The molecular weight excluding hydrogens is 599 g/mol. The Morgan fingerprint density at radius 3 is 2.36 bits per heavy atom. The number of alkyl halides is 3. The quantitative estimate of drug-likeness (QED) is 0.276. The van der Waals surface area contributed by atoms with Gasteiger partial charge in [-0.1, -0.05) is 102 Å². The third-order valence-electron chi connectivity index (χ3n) is 7.94. The molecule has 10 heteroatoms. The number of carbonyl (C=O) groups is 1. The molecule has 42 heavy (non-hydrogen) atoms. The van der Waals surface area contributed by atoms with Crippen molar-refractivity contribution < 1.29 is 24.5 Å². The largest absolute Gasteiger partial charge is 0.392 e. The number of nitrogens with one attached hydrogen (secondary N) is 1. The number of likely N-dealkylation sites (tertiary alicyclic amines) is 1. The topological polar surface area (TPSA) is 91.3 Å². The molecule has 2 saturated heterocycles. The molecule has 0 bridgehead atoms. The molecule has 3 N–H and O–H groups in total. The number of hydrogen-bond acceptors (Lipinski definition) is 6. The molecule has 0 aromatic heterocycles. The van der Waals surface area contributed by atoms with E-state index in [-0.39, 0.29) is 37.4 Å². The Bertz CT molecular complexity index is 1370. The molecule has 5 rings (SSSR count). The van der Waals surface area contributed by atoms with E-state index in [1.54, 1.807) is 0 Å². The maximum atomic E-state index is 12.0. The summed E-state index contributed by atoms with van der Waals surface area (Å²) in [7, 11) is 0. The molecule has 2 heterocycles. The number of rotatable bonds is 8. The zero-order valence-electron chi connectivity index (χ0n) is 23.3. The van der Waals surface area contributed by atoms with Gasteiger partial charge in [0.15, 0.2) is 6.29 Å². The van der Waals surface area contributed by atoms with Crippen LogP contribution in [-0.2, 0) is 27.4 Å². The van der Waals surface area contributed by atoms with E-state index in [1.807, 2.05) is 66.7 Å². The Balaban J connectivity index is 1.38. The van der Waals surface area contributed by atoms with Crippen LogP contribution in [0.1, 0.15) is 48.0 Å². The minimum absolute atomic E-state index is 0.0136. The van der Waals surface area contributed by atoms with Crippen molar-refractivity contribution in [2.24, 2.45) is 5.92 Å². The minimum Gasteiger partial charge on any atom is -0.392 e. The van der Waals surface area contributed by atoms with Gasteiger partial charge in [0.2, 0.25) is 0 Å². The lowest BCUT2D eigenvalue weighted by Gasteiger charge is -2.42. The van der Waals surface area contributed by atoms with E-state index in [1.165, 1.54) is 0 Å². The van der Waals surface area contributed by atoms with Crippen LogP contribution in [0.4, 0.5) is 0 Å². The highest BCUT2D eigenvalue weighted by Crippen LogP contribution is 2.42. The zero-order valence-corrected chi connectivity index (χ0v) is 25.5. The fourth-order valence-electron chi connectivity index (χ4n) is 5.57. The van der Waals surface area contributed by atoms with E-state index in [4.69, 9.17) is 44.3 Å². The summed E-state index contributed by atoms with van der Waals surface area (Å²) in [5.41, 5.74) is 5.55. The Kier molecular flexibility index (Phi) is 10.1. The number of aliphatic hydroxyl groups excluding tert-OH is 2. The monoisotopic (exact) mass is 632 g/mol. The minimum atomic E-state index is -2.02. The molecule has 0 spiro atoms. The van der Waals surface area contributed by atoms with Gasteiger partial charge in [-0.25, -0.2) is 0 Å². The van der Waals surface area contributed by atoms with Crippen molar-refractivity contribution in [3.8, 4) is 11.1 Å². The van der Waals surface area contributed by atoms with Crippen LogP contribution < -0.4 is 5.32 Å². The van der Waals surface area contributed by atoms with Gasteiger partial charge in [0, 0.05) is 37.7 Å². The fraction of sp³-hybridized carbons (Fsp3) is 0.406. The summed E-state index contributed by atoms with van der Waals surface area (Å²) in [5.74, 6) is -0.624. The molecule has 0 radical (unpaired) electrons. The summed E-state index contributed by atoms with van der Waals surface area (Å²) in [5, 5.41) is 22.3. The number of carbonyl (C=O) groups excluding carboxylic acids is 1. The highest BCUT2D eigenvalue weighted by atomic mass is 35.6. The van der Waals surface area contributed by atoms with Crippen LogP contribution in [0, 0.1) is 5.92 Å². The third kappa shape index (κ3) is 7.65. The van der Waals surface area contributed by atoms with Crippen molar-refractivity contribution in [1.29, 1.82) is 0 Å². The summed E-state index contributed by atoms with van der Waals surface area (Å²) < 4.78 is 11.2. The van der Waals surface area contributed by atoms with Crippen LogP contribution in [0.3, 0.4) is 0 Å². The number of halogens is 3. The predicted molar refractivity (Wildman–Crippen MR) is 164 cm³/mol. The molecular formula is C32H35Cl3N2O5. The van der Waals surface area contributed by atoms with Crippen molar-refractivity contribution in [3.05, 3.63) is 95.1 Å². The van der Waals surface area contributed by atoms with E-state index < -0.39 is 16.0 Å². The average molecular weight is 634 g/mol. The molecule has 7 nitrogen and oxygen atoms in total. The van der Waals surface area contributed by atoms with Gasteiger partial charge in [0.1, 0.15) is 0 Å².